The highest BCUT2D eigenvalue weighted by molar-refractivity contribution is 4.75. The Balaban J connectivity index is 0.000000921. The lowest BCUT2D eigenvalue weighted by Crippen LogP contribution is -2.35. The molecule has 0 aliphatic carbocycles. The summed E-state index contributed by atoms with van der Waals surface area (Å²) in [6.45, 7) is 16.0. The van der Waals surface area contributed by atoms with Crippen LogP contribution in [0.1, 0.15) is 60.8 Å². The van der Waals surface area contributed by atoms with Crippen LogP contribution in [0.15, 0.2) is 0 Å². The maximum absolute atomic E-state index is 2.65. The summed E-state index contributed by atoms with van der Waals surface area (Å²) in [4.78, 5) is 2.65. The first kappa shape index (κ1) is 15.0. The molecule has 0 aromatic rings. The third-order valence-electron chi connectivity index (χ3n) is 3.41. The van der Waals surface area contributed by atoms with E-state index in [2.05, 4.69) is 32.6 Å². The van der Waals surface area contributed by atoms with E-state index in [0.717, 1.165) is 17.9 Å². The van der Waals surface area contributed by atoms with Gasteiger partial charge in [-0.2, -0.15) is 0 Å². The molecular weight excluding hydrogens is 182 g/mol. The molecule has 1 unspecified atom stereocenters. The second-order valence-electron chi connectivity index (χ2n) is 5.09. The van der Waals surface area contributed by atoms with Crippen LogP contribution in [0.2, 0.25) is 0 Å². The monoisotopic (exact) mass is 213 g/mol. The number of nitrogens with zero attached hydrogens (tertiary/aromatic N) is 1. The van der Waals surface area contributed by atoms with Crippen molar-refractivity contribution in [1.82, 2.24) is 4.90 Å². The third kappa shape index (κ3) is 5.55. The van der Waals surface area contributed by atoms with Gasteiger partial charge in [0.25, 0.3) is 0 Å². The first-order valence-corrected chi connectivity index (χ1v) is 6.85. The normalized spacial score (nSPS) is 23.6. The van der Waals surface area contributed by atoms with Crippen molar-refractivity contribution in [2.24, 2.45) is 11.8 Å². The van der Waals surface area contributed by atoms with Crippen LogP contribution in [0.5, 0.6) is 0 Å². The molecule has 0 spiro atoms. The van der Waals surface area contributed by atoms with E-state index in [4.69, 9.17) is 0 Å². The summed E-state index contributed by atoms with van der Waals surface area (Å²) < 4.78 is 0. The fraction of sp³-hybridized carbons (Fsp3) is 1.00. The first-order chi connectivity index (χ1) is 7.11. The Kier molecular flexibility index (Phi) is 8.13. The van der Waals surface area contributed by atoms with Crippen molar-refractivity contribution in [2.75, 3.05) is 13.1 Å². The molecule has 0 aromatic carbocycles. The predicted octanol–water partition coefficient (Wildman–Crippen LogP) is 4.18. The average molecular weight is 213 g/mol. The molecule has 1 aliphatic rings. The Bertz CT molecular complexity index is 124. The molecule has 0 N–H and O–H groups in total. The van der Waals surface area contributed by atoms with E-state index in [1.54, 1.807) is 0 Å². The van der Waals surface area contributed by atoms with Gasteiger partial charge in [0.1, 0.15) is 0 Å². The predicted molar refractivity (Wildman–Crippen MR) is 70.2 cm³/mol. The molecular formula is C14H31N. The average Bonchev–Trinajstić information content (AvgIpc) is 2.45. The fourth-order valence-electron chi connectivity index (χ4n) is 2.22. The molecule has 92 valence electrons. The van der Waals surface area contributed by atoms with Crippen LogP contribution in [0, 0.1) is 11.8 Å². The molecule has 1 nitrogen and oxygen atoms in total. The zero-order valence-electron chi connectivity index (χ0n) is 11.7. The minimum Gasteiger partial charge on any atom is -0.301 e. The molecule has 1 heteroatoms. The molecule has 0 radical (unpaired) electrons. The van der Waals surface area contributed by atoms with Crippen LogP contribution in [-0.4, -0.2) is 24.0 Å². The number of likely N-dealkylation sites (tertiary alicyclic amines) is 1. The number of rotatable bonds is 2. The Morgan fingerprint density at radius 2 is 1.60 bits per heavy atom. The standard InChI is InChI=1S/C12H25N.C2H6/c1-10(2)12-7-5-6-8-13(9-12)11(3)4;1-2/h10-12H,5-9H2,1-4H3;1-2H3. The van der Waals surface area contributed by atoms with Gasteiger partial charge in [0.05, 0.1) is 0 Å². The molecule has 1 atom stereocenters. The highest BCUT2D eigenvalue weighted by Crippen LogP contribution is 2.24. The molecule has 0 amide bonds. The topological polar surface area (TPSA) is 3.24 Å². The van der Waals surface area contributed by atoms with Crippen LogP contribution >= 0.6 is 0 Å². The summed E-state index contributed by atoms with van der Waals surface area (Å²) in [7, 11) is 0. The molecule has 1 aliphatic heterocycles. The van der Waals surface area contributed by atoms with Crippen molar-refractivity contribution < 1.29 is 0 Å². The lowest BCUT2D eigenvalue weighted by Gasteiger charge is -2.29. The second kappa shape index (κ2) is 8.15. The summed E-state index contributed by atoms with van der Waals surface area (Å²) in [5.41, 5.74) is 0. The molecule has 0 aromatic heterocycles. The largest absolute Gasteiger partial charge is 0.301 e. The Morgan fingerprint density at radius 1 is 1.00 bits per heavy atom. The lowest BCUT2D eigenvalue weighted by atomic mass is 9.91. The van der Waals surface area contributed by atoms with Crippen molar-refractivity contribution in [3.05, 3.63) is 0 Å². The molecule has 1 heterocycles. The Labute approximate surface area is 97.2 Å². The maximum Gasteiger partial charge on any atom is 0.00387 e. The number of hydrogen-bond acceptors (Lipinski definition) is 1. The van der Waals surface area contributed by atoms with Crippen molar-refractivity contribution in [3.63, 3.8) is 0 Å². The smallest absolute Gasteiger partial charge is 0.00387 e. The van der Waals surface area contributed by atoms with E-state index in [1.165, 1.54) is 32.4 Å². The maximum atomic E-state index is 2.65. The third-order valence-corrected chi connectivity index (χ3v) is 3.41. The van der Waals surface area contributed by atoms with E-state index >= 15 is 0 Å². The Morgan fingerprint density at radius 3 is 2.07 bits per heavy atom. The van der Waals surface area contributed by atoms with Gasteiger partial charge in [0.15, 0.2) is 0 Å². The van der Waals surface area contributed by atoms with Gasteiger partial charge < -0.3 is 4.90 Å². The van der Waals surface area contributed by atoms with Crippen molar-refractivity contribution in [1.29, 1.82) is 0 Å². The lowest BCUT2D eigenvalue weighted by molar-refractivity contribution is 0.181. The molecule has 1 fully saturated rings. The molecule has 0 bridgehead atoms. The van der Waals surface area contributed by atoms with Crippen LogP contribution < -0.4 is 0 Å². The van der Waals surface area contributed by atoms with Gasteiger partial charge in [-0.1, -0.05) is 34.1 Å². The van der Waals surface area contributed by atoms with Gasteiger partial charge in [-0.15, -0.1) is 0 Å². The SMILES string of the molecule is CC.CC(C)C1CCCCN(C(C)C)C1. The minimum absolute atomic E-state index is 0.736. The van der Waals surface area contributed by atoms with Gasteiger partial charge in [0.2, 0.25) is 0 Å². The van der Waals surface area contributed by atoms with E-state index in [0.29, 0.717) is 0 Å². The van der Waals surface area contributed by atoms with Crippen LogP contribution in [-0.2, 0) is 0 Å². The van der Waals surface area contributed by atoms with Gasteiger partial charge >= 0.3 is 0 Å². The highest BCUT2D eigenvalue weighted by atomic mass is 15.1. The van der Waals surface area contributed by atoms with Crippen molar-refractivity contribution in [3.8, 4) is 0 Å². The minimum atomic E-state index is 0.736. The summed E-state index contributed by atoms with van der Waals surface area (Å²) in [6, 6.07) is 0.736. The van der Waals surface area contributed by atoms with E-state index in [9.17, 15) is 0 Å². The Hall–Kier alpha value is -0.0400. The summed E-state index contributed by atoms with van der Waals surface area (Å²) >= 11 is 0. The molecule has 1 saturated heterocycles. The van der Waals surface area contributed by atoms with Gasteiger partial charge in [0, 0.05) is 12.6 Å². The van der Waals surface area contributed by atoms with Crippen LogP contribution in [0.3, 0.4) is 0 Å². The zero-order valence-corrected chi connectivity index (χ0v) is 11.7. The quantitative estimate of drug-likeness (QED) is 0.665. The summed E-state index contributed by atoms with van der Waals surface area (Å²) in [5, 5.41) is 0. The summed E-state index contributed by atoms with van der Waals surface area (Å²) in [6.07, 6.45) is 4.29. The highest BCUT2D eigenvalue weighted by Gasteiger charge is 2.21. The van der Waals surface area contributed by atoms with Gasteiger partial charge in [-0.25, -0.2) is 0 Å². The van der Waals surface area contributed by atoms with Crippen LogP contribution in [0.25, 0.3) is 0 Å². The van der Waals surface area contributed by atoms with Gasteiger partial charge in [-0.05, 0) is 45.1 Å². The van der Waals surface area contributed by atoms with E-state index < -0.39 is 0 Å². The molecule has 1 rings (SSSR count). The second-order valence-corrected chi connectivity index (χ2v) is 5.09. The first-order valence-electron chi connectivity index (χ1n) is 6.85. The molecule has 15 heavy (non-hydrogen) atoms. The van der Waals surface area contributed by atoms with Gasteiger partial charge in [-0.3, -0.25) is 0 Å². The van der Waals surface area contributed by atoms with E-state index in [1.807, 2.05) is 13.8 Å². The van der Waals surface area contributed by atoms with Crippen molar-refractivity contribution in [2.45, 2.75) is 66.8 Å². The fourth-order valence-corrected chi connectivity index (χ4v) is 2.22. The van der Waals surface area contributed by atoms with Crippen LogP contribution in [0.4, 0.5) is 0 Å². The molecule has 0 saturated carbocycles. The van der Waals surface area contributed by atoms with E-state index in [-0.39, 0.29) is 0 Å². The summed E-state index contributed by atoms with van der Waals surface area (Å²) in [5.74, 6) is 1.80. The number of hydrogen-bond donors (Lipinski definition) is 0. The zero-order chi connectivity index (χ0) is 11.8. The van der Waals surface area contributed by atoms with Crippen molar-refractivity contribution >= 4 is 0 Å².